The third-order valence-corrected chi connectivity index (χ3v) is 3.39. The van der Waals surface area contributed by atoms with Crippen LogP contribution in [0.3, 0.4) is 0 Å². The molecule has 0 radical (unpaired) electrons. The lowest BCUT2D eigenvalue weighted by atomic mass is 9.44. The van der Waals surface area contributed by atoms with Gasteiger partial charge >= 0.3 is 0 Å². The molecule has 0 fully saturated rings. The number of rotatable bonds is 5. The molecule has 0 aromatic carbocycles. The highest BCUT2D eigenvalue weighted by molar-refractivity contribution is 6.57. The highest BCUT2D eigenvalue weighted by Gasteiger charge is 2.13. The average Bonchev–Trinajstić information content (AvgIpc) is 2.04. The smallest absolute Gasteiger partial charge is 0.106 e. The van der Waals surface area contributed by atoms with Gasteiger partial charge in [-0.15, -0.1) is 0 Å². The van der Waals surface area contributed by atoms with Gasteiger partial charge in [0.05, 0.1) is 0 Å². The molecule has 0 unspecified atom stereocenters. The molecule has 1 heteroatoms. The second-order valence-electron chi connectivity index (χ2n) is 4.74. The van der Waals surface area contributed by atoms with Gasteiger partial charge in [-0.2, -0.15) is 18.7 Å². The SMILES string of the molecule is CCB(C)C[C-](C)C(C)(C)CC. The first-order valence-electron chi connectivity index (χ1n) is 5.27. The third-order valence-electron chi connectivity index (χ3n) is 3.39. The van der Waals surface area contributed by atoms with Gasteiger partial charge in [0.15, 0.2) is 0 Å². The molecule has 0 saturated heterocycles. The van der Waals surface area contributed by atoms with Crippen LogP contribution >= 0.6 is 0 Å². The van der Waals surface area contributed by atoms with Gasteiger partial charge in [0.25, 0.3) is 0 Å². The zero-order chi connectivity index (χ0) is 9.78. The maximum Gasteiger partial charge on any atom is 0.106 e. The molecule has 0 bridgehead atoms. The second-order valence-corrected chi connectivity index (χ2v) is 4.74. The van der Waals surface area contributed by atoms with E-state index in [0.29, 0.717) is 5.41 Å². The Balaban J connectivity index is 3.93. The summed E-state index contributed by atoms with van der Waals surface area (Å²) in [5, 5.41) is 0. The van der Waals surface area contributed by atoms with E-state index in [9.17, 15) is 0 Å². The normalized spacial score (nSPS) is 12.2. The quantitative estimate of drug-likeness (QED) is 0.426. The van der Waals surface area contributed by atoms with Crippen molar-refractivity contribution in [2.24, 2.45) is 5.41 Å². The van der Waals surface area contributed by atoms with E-state index in [1.807, 2.05) is 0 Å². The van der Waals surface area contributed by atoms with Crippen LogP contribution in [0.15, 0.2) is 0 Å². The van der Waals surface area contributed by atoms with Gasteiger partial charge in [-0.05, 0) is 0 Å². The van der Waals surface area contributed by atoms with Gasteiger partial charge < -0.3 is 5.92 Å². The molecule has 0 amide bonds. The summed E-state index contributed by atoms with van der Waals surface area (Å²) in [6.07, 6.45) is 3.86. The van der Waals surface area contributed by atoms with Crippen molar-refractivity contribution < 1.29 is 0 Å². The van der Waals surface area contributed by atoms with Crippen LogP contribution in [0.25, 0.3) is 0 Å². The topological polar surface area (TPSA) is 0 Å². The summed E-state index contributed by atoms with van der Waals surface area (Å²) >= 11 is 0. The van der Waals surface area contributed by atoms with Gasteiger partial charge in [-0.25, -0.2) is 0 Å². The van der Waals surface area contributed by atoms with Gasteiger partial charge in [0.1, 0.15) is 6.71 Å². The fraction of sp³-hybridized carbons (Fsp3) is 0.909. The molecular formula is C11H24B-. The zero-order valence-corrected chi connectivity index (χ0v) is 9.70. The monoisotopic (exact) mass is 167 g/mol. The lowest BCUT2D eigenvalue weighted by molar-refractivity contribution is 0.374. The van der Waals surface area contributed by atoms with Crippen LogP contribution < -0.4 is 0 Å². The van der Waals surface area contributed by atoms with Crippen molar-refractivity contribution in [3.63, 3.8) is 0 Å². The van der Waals surface area contributed by atoms with Crippen molar-refractivity contribution in [2.45, 2.75) is 60.5 Å². The molecule has 0 saturated carbocycles. The minimum absolute atomic E-state index is 0.448. The van der Waals surface area contributed by atoms with Crippen molar-refractivity contribution in [1.82, 2.24) is 0 Å². The summed E-state index contributed by atoms with van der Waals surface area (Å²) in [6, 6.07) is 0. The summed E-state index contributed by atoms with van der Waals surface area (Å²) < 4.78 is 0. The van der Waals surface area contributed by atoms with Gasteiger partial charge in [-0.3, -0.25) is 0 Å². The first-order chi connectivity index (χ1) is 5.44. The highest BCUT2D eigenvalue weighted by atomic mass is 14.3. The lowest BCUT2D eigenvalue weighted by Gasteiger charge is -2.45. The molecule has 0 aliphatic heterocycles. The Morgan fingerprint density at radius 1 is 1.25 bits per heavy atom. The zero-order valence-electron chi connectivity index (χ0n) is 9.70. The Labute approximate surface area is 79.2 Å². The Bertz CT molecular complexity index is 118. The predicted molar refractivity (Wildman–Crippen MR) is 59.9 cm³/mol. The van der Waals surface area contributed by atoms with Crippen LogP contribution in [-0.2, 0) is 0 Å². The largest absolute Gasteiger partial charge is 0.318 e. The average molecular weight is 167 g/mol. The minimum atomic E-state index is 0.448. The van der Waals surface area contributed by atoms with Crippen molar-refractivity contribution in [2.75, 3.05) is 0 Å². The van der Waals surface area contributed by atoms with Crippen LogP contribution in [0.1, 0.15) is 41.0 Å². The van der Waals surface area contributed by atoms with E-state index in [1.165, 1.54) is 19.1 Å². The highest BCUT2D eigenvalue weighted by Crippen LogP contribution is 2.35. The number of hydrogen-bond donors (Lipinski definition) is 0. The van der Waals surface area contributed by atoms with Crippen molar-refractivity contribution in [3.05, 3.63) is 5.92 Å². The fourth-order valence-electron chi connectivity index (χ4n) is 1.25. The van der Waals surface area contributed by atoms with E-state index in [0.717, 1.165) is 6.71 Å². The van der Waals surface area contributed by atoms with Crippen molar-refractivity contribution >= 4 is 6.71 Å². The van der Waals surface area contributed by atoms with E-state index in [1.54, 1.807) is 5.92 Å². The summed E-state index contributed by atoms with van der Waals surface area (Å²) in [6.45, 7) is 14.8. The molecule has 0 heterocycles. The molecule has 0 aromatic heterocycles. The molecule has 0 aliphatic carbocycles. The fourth-order valence-corrected chi connectivity index (χ4v) is 1.25. The van der Waals surface area contributed by atoms with Gasteiger partial charge in [0, 0.05) is 0 Å². The Morgan fingerprint density at radius 2 is 1.75 bits per heavy atom. The summed E-state index contributed by atoms with van der Waals surface area (Å²) in [5.41, 5.74) is 0.448. The van der Waals surface area contributed by atoms with Crippen molar-refractivity contribution in [1.29, 1.82) is 0 Å². The van der Waals surface area contributed by atoms with Crippen molar-refractivity contribution in [3.8, 4) is 0 Å². The Hall–Kier alpha value is 0.0649. The maximum absolute atomic E-state index is 2.35. The summed E-state index contributed by atoms with van der Waals surface area (Å²) in [5.74, 6) is 1.67. The van der Waals surface area contributed by atoms with Crippen LogP contribution in [0, 0.1) is 11.3 Å². The molecular weight excluding hydrogens is 143 g/mol. The number of hydrogen-bond acceptors (Lipinski definition) is 0. The van der Waals surface area contributed by atoms with Crippen LogP contribution in [-0.4, -0.2) is 6.71 Å². The maximum atomic E-state index is 2.35. The first kappa shape index (κ1) is 12.1. The first-order valence-corrected chi connectivity index (χ1v) is 5.27. The molecule has 0 atom stereocenters. The third kappa shape index (κ3) is 3.64. The van der Waals surface area contributed by atoms with E-state index in [-0.39, 0.29) is 0 Å². The Kier molecular flexibility index (Phi) is 4.97. The van der Waals surface area contributed by atoms with Crippen LogP contribution in [0.5, 0.6) is 0 Å². The Morgan fingerprint density at radius 3 is 2.08 bits per heavy atom. The molecule has 0 N–H and O–H groups in total. The molecule has 0 rings (SSSR count). The summed E-state index contributed by atoms with van der Waals surface area (Å²) in [7, 11) is 0. The predicted octanol–water partition coefficient (Wildman–Crippen LogP) is 4.16. The van der Waals surface area contributed by atoms with E-state index < -0.39 is 0 Å². The minimum Gasteiger partial charge on any atom is -0.318 e. The van der Waals surface area contributed by atoms with E-state index in [2.05, 4.69) is 41.4 Å². The molecule has 0 spiro atoms. The molecule has 12 heavy (non-hydrogen) atoms. The standard InChI is InChI=1S/C11H24B/c1-7-11(4,5)10(3)9-12(6)8-2/h7-9H2,1-6H3/q-1. The van der Waals surface area contributed by atoms with E-state index in [4.69, 9.17) is 0 Å². The van der Waals surface area contributed by atoms with Gasteiger partial charge in [0.2, 0.25) is 0 Å². The molecule has 0 nitrogen and oxygen atoms in total. The van der Waals surface area contributed by atoms with E-state index >= 15 is 0 Å². The lowest BCUT2D eigenvalue weighted by Crippen LogP contribution is -2.22. The molecule has 0 aromatic rings. The molecule has 72 valence electrons. The van der Waals surface area contributed by atoms with Crippen LogP contribution in [0.4, 0.5) is 0 Å². The molecule has 0 aliphatic rings. The van der Waals surface area contributed by atoms with Gasteiger partial charge in [-0.1, -0.05) is 47.3 Å². The second kappa shape index (κ2) is 4.94. The summed E-state index contributed by atoms with van der Waals surface area (Å²) in [4.78, 5) is 0. The van der Waals surface area contributed by atoms with Crippen LogP contribution in [0.2, 0.25) is 19.5 Å².